The summed E-state index contributed by atoms with van der Waals surface area (Å²) in [6.07, 6.45) is 6.18. The first-order chi connectivity index (χ1) is 12.1. The molecule has 0 unspecified atom stereocenters. The third-order valence-electron chi connectivity index (χ3n) is 3.47. The molecule has 0 aromatic heterocycles. The summed E-state index contributed by atoms with van der Waals surface area (Å²) in [5, 5.41) is 9.45. The van der Waals surface area contributed by atoms with Crippen LogP contribution in [0, 0.1) is 11.3 Å². The summed E-state index contributed by atoms with van der Waals surface area (Å²) in [7, 11) is 3.86. The fourth-order valence-corrected chi connectivity index (χ4v) is 2.36. The normalized spacial score (nSPS) is 13.1. The third-order valence-corrected chi connectivity index (χ3v) is 3.47. The van der Waals surface area contributed by atoms with E-state index in [0.29, 0.717) is 11.4 Å². The predicted octanol–water partition coefficient (Wildman–Crippen LogP) is 2.06. The molecule has 0 bridgehead atoms. The molecule has 1 aliphatic heterocycles. The van der Waals surface area contributed by atoms with Crippen molar-refractivity contribution in [2.45, 2.75) is 0 Å². The second-order valence-corrected chi connectivity index (χ2v) is 4.78. The Morgan fingerprint density at radius 1 is 1.08 bits per heavy atom. The molecule has 0 saturated carbocycles. The molecular weight excluding hydrogens is 324 g/mol. The van der Waals surface area contributed by atoms with Crippen LogP contribution in [0.2, 0.25) is 0 Å². The molecule has 0 atom stereocenters. The monoisotopic (exact) mass is 340 g/mol. The van der Waals surface area contributed by atoms with E-state index in [1.165, 1.54) is 38.5 Å². The molecule has 25 heavy (non-hydrogen) atoms. The summed E-state index contributed by atoms with van der Waals surface area (Å²) >= 11 is 0. The zero-order valence-corrected chi connectivity index (χ0v) is 14.0. The van der Waals surface area contributed by atoms with Gasteiger partial charge in [-0.3, -0.25) is 0 Å². The van der Waals surface area contributed by atoms with Crippen LogP contribution in [0.25, 0.3) is 0 Å². The smallest absolute Gasteiger partial charge is 0.355 e. The number of nitriles is 1. The van der Waals surface area contributed by atoms with Crippen molar-refractivity contribution < 1.29 is 23.8 Å². The van der Waals surface area contributed by atoms with Crippen molar-refractivity contribution in [1.82, 2.24) is 0 Å². The summed E-state index contributed by atoms with van der Waals surface area (Å²) in [5.74, 6) is -1.11. The average molecular weight is 340 g/mol. The zero-order valence-electron chi connectivity index (χ0n) is 14.0. The maximum Gasteiger partial charge on any atom is 0.355 e. The number of hydrogen-bond donors (Lipinski definition) is 0. The van der Waals surface area contributed by atoms with Crippen LogP contribution in [0.4, 0.5) is 5.69 Å². The molecule has 7 nitrogen and oxygen atoms in total. The van der Waals surface area contributed by atoms with Crippen LogP contribution in [-0.4, -0.2) is 33.3 Å². The summed E-state index contributed by atoms with van der Waals surface area (Å²) in [6, 6.07) is 6.94. The van der Waals surface area contributed by atoms with Gasteiger partial charge in [0.2, 0.25) is 0 Å². The van der Waals surface area contributed by atoms with E-state index in [9.17, 15) is 14.9 Å². The van der Waals surface area contributed by atoms with Gasteiger partial charge in [-0.2, -0.15) is 5.26 Å². The molecule has 1 aromatic rings. The van der Waals surface area contributed by atoms with Crippen LogP contribution in [0.3, 0.4) is 0 Å². The number of benzene rings is 1. The first-order valence-corrected chi connectivity index (χ1v) is 7.21. The molecule has 1 aromatic carbocycles. The highest BCUT2D eigenvalue weighted by molar-refractivity contribution is 6.06. The molecule has 0 spiro atoms. The minimum Gasteiger partial charge on any atom is -0.495 e. The molecule has 0 saturated heterocycles. The van der Waals surface area contributed by atoms with E-state index < -0.39 is 11.9 Å². The van der Waals surface area contributed by atoms with Crippen molar-refractivity contribution in [1.29, 1.82) is 5.26 Å². The van der Waals surface area contributed by atoms with Gasteiger partial charge in [0.25, 0.3) is 0 Å². The van der Waals surface area contributed by atoms with Gasteiger partial charge in [0.15, 0.2) is 0 Å². The molecule has 1 aliphatic rings. The molecule has 7 heteroatoms. The van der Waals surface area contributed by atoms with Gasteiger partial charge >= 0.3 is 11.9 Å². The number of ether oxygens (including phenoxy) is 3. The van der Waals surface area contributed by atoms with Crippen LogP contribution in [0.1, 0.15) is 5.56 Å². The third kappa shape index (κ3) is 3.38. The van der Waals surface area contributed by atoms with Crippen LogP contribution >= 0.6 is 0 Å². The van der Waals surface area contributed by atoms with E-state index in [2.05, 4.69) is 6.07 Å². The molecule has 2 rings (SSSR count). The second kappa shape index (κ2) is 7.84. The van der Waals surface area contributed by atoms with Crippen LogP contribution in [0.15, 0.2) is 53.9 Å². The second-order valence-electron chi connectivity index (χ2n) is 4.78. The van der Waals surface area contributed by atoms with Crippen molar-refractivity contribution >= 4 is 17.6 Å². The lowest BCUT2D eigenvalue weighted by molar-refractivity contribution is -0.139. The molecule has 0 radical (unpaired) electrons. The fourth-order valence-electron chi connectivity index (χ4n) is 2.36. The number of anilines is 1. The van der Waals surface area contributed by atoms with Crippen molar-refractivity contribution in [2.24, 2.45) is 0 Å². The Bertz CT molecular complexity index is 830. The number of carbonyl (C=O) groups excluding carboxylic acids is 2. The van der Waals surface area contributed by atoms with Gasteiger partial charge in [0, 0.05) is 6.20 Å². The van der Waals surface area contributed by atoms with Crippen molar-refractivity contribution in [3.05, 3.63) is 59.5 Å². The van der Waals surface area contributed by atoms with Gasteiger partial charge in [-0.1, -0.05) is 12.1 Å². The van der Waals surface area contributed by atoms with E-state index in [1.807, 2.05) is 0 Å². The minimum atomic E-state index is -0.758. The maximum absolute atomic E-state index is 12.4. The molecular formula is C18H16N2O5. The Kier molecular flexibility index (Phi) is 5.58. The van der Waals surface area contributed by atoms with Gasteiger partial charge in [-0.05, 0) is 24.3 Å². The quantitative estimate of drug-likeness (QED) is 0.775. The van der Waals surface area contributed by atoms with Gasteiger partial charge in [-0.25, -0.2) is 9.59 Å². The largest absolute Gasteiger partial charge is 0.495 e. The lowest BCUT2D eigenvalue weighted by atomic mass is 10.1. The maximum atomic E-state index is 12.4. The first-order valence-electron chi connectivity index (χ1n) is 7.21. The van der Waals surface area contributed by atoms with Crippen LogP contribution in [0.5, 0.6) is 5.75 Å². The van der Waals surface area contributed by atoms with Crippen molar-refractivity contribution in [2.75, 3.05) is 26.2 Å². The molecule has 0 N–H and O–H groups in total. The highest BCUT2D eigenvalue weighted by Crippen LogP contribution is 2.36. The Labute approximate surface area is 145 Å². The number of methoxy groups -OCH3 is 3. The van der Waals surface area contributed by atoms with E-state index >= 15 is 0 Å². The van der Waals surface area contributed by atoms with Gasteiger partial charge in [0.1, 0.15) is 23.2 Å². The lowest BCUT2D eigenvalue weighted by Gasteiger charge is -2.25. The van der Waals surface area contributed by atoms with Gasteiger partial charge < -0.3 is 19.1 Å². The van der Waals surface area contributed by atoms with E-state index in [1.54, 1.807) is 30.4 Å². The topological polar surface area (TPSA) is 88.9 Å². The van der Waals surface area contributed by atoms with Crippen LogP contribution < -0.4 is 9.64 Å². The highest BCUT2D eigenvalue weighted by Gasteiger charge is 2.30. The average Bonchev–Trinajstić information content (AvgIpc) is 2.88. The molecule has 1 heterocycles. The van der Waals surface area contributed by atoms with E-state index in [-0.39, 0.29) is 16.8 Å². The number of allylic oxidation sites excluding steroid dienone is 2. The van der Waals surface area contributed by atoms with Gasteiger partial charge in [-0.15, -0.1) is 0 Å². The summed E-state index contributed by atoms with van der Waals surface area (Å²) in [5.41, 5.74) is 0.486. The van der Waals surface area contributed by atoms with Crippen molar-refractivity contribution in [3.63, 3.8) is 0 Å². The summed E-state index contributed by atoms with van der Waals surface area (Å²) < 4.78 is 14.9. The number of esters is 2. The van der Waals surface area contributed by atoms with E-state index in [0.717, 1.165) is 0 Å². The van der Waals surface area contributed by atoms with E-state index in [4.69, 9.17) is 14.2 Å². The number of para-hydroxylation sites is 1. The zero-order chi connectivity index (χ0) is 18.4. The fraction of sp³-hybridized carbons (Fsp3) is 0.167. The molecule has 0 fully saturated rings. The Morgan fingerprint density at radius 2 is 1.80 bits per heavy atom. The summed E-state index contributed by atoms with van der Waals surface area (Å²) in [6.45, 7) is 0. The lowest BCUT2D eigenvalue weighted by Crippen LogP contribution is -2.27. The standard InChI is InChI=1S/C18H16N2O5/c1-23-14-9-6-7-12(11-19)15(14)20-10-5-4-8-13(17(21)24-2)16(20)18(22)25-3/h4-10H,1-3H3. The van der Waals surface area contributed by atoms with Crippen molar-refractivity contribution in [3.8, 4) is 11.8 Å². The first kappa shape index (κ1) is 17.8. The summed E-state index contributed by atoms with van der Waals surface area (Å²) in [4.78, 5) is 25.9. The van der Waals surface area contributed by atoms with Gasteiger partial charge in [0.05, 0.1) is 32.5 Å². The molecule has 0 aliphatic carbocycles. The minimum absolute atomic E-state index is 0.00542. The predicted molar refractivity (Wildman–Crippen MR) is 89.5 cm³/mol. The number of hydrogen-bond acceptors (Lipinski definition) is 7. The Balaban J connectivity index is 2.81. The number of nitrogens with zero attached hydrogens (tertiary/aromatic N) is 2. The Morgan fingerprint density at radius 3 is 2.40 bits per heavy atom. The highest BCUT2D eigenvalue weighted by atomic mass is 16.5. The number of carbonyl (C=O) groups is 2. The Hall–Kier alpha value is -3.53. The molecule has 0 amide bonds. The SMILES string of the molecule is COC(=O)C1=C(C(=O)OC)N(c2c(C#N)cccc2OC)C=CC=C1. The number of rotatable bonds is 4. The molecule has 128 valence electrons. The van der Waals surface area contributed by atoms with Crippen LogP contribution in [-0.2, 0) is 19.1 Å².